The summed E-state index contributed by atoms with van der Waals surface area (Å²) >= 11 is 0. The van der Waals surface area contributed by atoms with E-state index in [9.17, 15) is 4.79 Å². The van der Waals surface area contributed by atoms with Crippen molar-refractivity contribution in [1.82, 2.24) is 9.97 Å². The summed E-state index contributed by atoms with van der Waals surface area (Å²) in [6.45, 7) is 50.3. The normalized spacial score (nSPS) is 15.9. The van der Waals surface area contributed by atoms with E-state index in [-0.39, 0.29) is 38.1 Å². The van der Waals surface area contributed by atoms with Crippen LogP contribution in [0.3, 0.4) is 0 Å². The molecular formula is C59H116N2O8Si4. The average molecular weight is 1090 g/mol. The van der Waals surface area contributed by atoms with Gasteiger partial charge in [0.2, 0.25) is 12.0 Å². The number of rotatable bonds is 36. The average Bonchev–Trinajstić information content (AvgIpc) is 3.97. The highest BCUT2D eigenvalue weighted by Crippen LogP contribution is 2.47. The first-order chi connectivity index (χ1) is 33.6. The number of esters is 1. The second-order valence-electron chi connectivity index (χ2n) is 27.9. The standard InChI is InChI=1S/C59H116N2O8Si4/c1-23-24-25-26-27-28-29-30-31-32-33-34-35-36-37-38-39-40-41-42-52(62)65-54(51-44-60-46-64-51)55-61-48(45-63-55)49(67-71(17,18)57(6,7)8)43-50(68-72(19,20)58(9,10)11)53(69-73(21,22)59(12,13)14)47(2)66-70(15,16)56(3,4)5/h44-47,49-50,53-54H,23-43H2,1-22H3. The number of carbonyl (C=O) groups is 1. The number of hydrogen-bond donors (Lipinski definition) is 0. The van der Waals surface area contributed by atoms with Crippen LogP contribution in [0.2, 0.25) is 72.5 Å². The smallest absolute Gasteiger partial charge is 0.307 e. The molecule has 5 unspecified atom stereocenters. The van der Waals surface area contributed by atoms with E-state index < -0.39 is 57.7 Å². The minimum Gasteiger partial charge on any atom is -0.445 e. The molecule has 0 aliphatic rings. The summed E-state index contributed by atoms with van der Waals surface area (Å²) in [5.74, 6) is 0.268. The minimum atomic E-state index is -2.45. The molecule has 10 nitrogen and oxygen atoms in total. The van der Waals surface area contributed by atoms with Crippen LogP contribution in [0.1, 0.15) is 261 Å². The van der Waals surface area contributed by atoms with Gasteiger partial charge in [0.05, 0.1) is 30.6 Å². The third kappa shape index (κ3) is 23.2. The molecule has 0 saturated carbocycles. The van der Waals surface area contributed by atoms with Crippen molar-refractivity contribution in [1.29, 1.82) is 0 Å². The van der Waals surface area contributed by atoms with Crippen molar-refractivity contribution in [2.24, 2.45) is 0 Å². The molecule has 2 aromatic rings. The van der Waals surface area contributed by atoms with Crippen LogP contribution < -0.4 is 0 Å². The third-order valence-corrected chi connectivity index (χ3v) is 35.4. The van der Waals surface area contributed by atoms with Crippen LogP contribution in [-0.2, 0) is 27.2 Å². The van der Waals surface area contributed by atoms with Crippen LogP contribution in [0.4, 0.5) is 0 Å². The lowest BCUT2D eigenvalue weighted by atomic mass is 10.0. The van der Waals surface area contributed by atoms with Gasteiger partial charge in [-0.2, -0.15) is 0 Å². The Labute approximate surface area is 454 Å². The highest BCUT2D eigenvalue weighted by molar-refractivity contribution is 6.75. The number of unbranched alkanes of at least 4 members (excludes halogenated alkanes) is 18. The zero-order valence-electron chi connectivity index (χ0n) is 51.6. The Kier molecular flexibility index (Phi) is 27.9. The minimum absolute atomic E-state index is 0.00166. The van der Waals surface area contributed by atoms with Crippen molar-refractivity contribution < 1.29 is 36.1 Å². The molecule has 0 fully saturated rings. The van der Waals surface area contributed by atoms with E-state index in [1.54, 1.807) is 12.5 Å². The lowest BCUT2D eigenvalue weighted by Crippen LogP contribution is -2.57. The number of aromatic nitrogens is 2. The van der Waals surface area contributed by atoms with Gasteiger partial charge < -0.3 is 31.3 Å². The quantitative estimate of drug-likeness (QED) is 0.0371. The molecule has 0 bridgehead atoms. The summed E-state index contributed by atoms with van der Waals surface area (Å²) in [5.41, 5.74) is 0.618. The Morgan fingerprint density at radius 1 is 0.548 bits per heavy atom. The number of carbonyl (C=O) groups excluding carboxylic acids is 1. The molecule has 0 aliphatic carbocycles. The van der Waals surface area contributed by atoms with Gasteiger partial charge in [-0.25, -0.2) is 9.97 Å². The van der Waals surface area contributed by atoms with E-state index in [4.69, 9.17) is 36.3 Å². The molecule has 2 aromatic heterocycles. The summed E-state index contributed by atoms with van der Waals surface area (Å²) < 4.78 is 48.2. The fraction of sp³-hybridized carbons (Fsp3) is 0.881. The first-order valence-corrected chi connectivity index (χ1v) is 40.9. The molecule has 0 amide bonds. The van der Waals surface area contributed by atoms with Crippen molar-refractivity contribution in [3.63, 3.8) is 0 Å². The van der Waals surface area contributed by atoms with Crippen molar-refractivity contribution >= 4 is 39.2 Å². The molecule has 0 aromatic carbocycles. The SMILES string of the molecule is CCCCCCCCCCCCCCCCCCCCCC(=O)OC(c1cnco1)c1nc(C(CC(O[Si](C)(C)C(C)(C)C)C(O[Si](C)(C)C(C)(C)C)C(C)O[Si](C)(C)C(C)(C)C)O[Si](C)(C)C(C)(C)C)co1. The second kappa shape index (κ2) is 30.1. The lowest BCUT2D eigenvalue weighted by Gasteiger charge is -2.49. The van der Waals surface area contributed by atoms with Gasteiger partial charge in [0, 0.05) is 12.8 Å². The highest BCUT2D eigenvalue weighted by atomic mass is 28.4. The lowest BCUT2D eigenvalue weighted by molar-refractivity contribution is -0.149. The molecule has 73 heavy (non-hydrogen) atoms. The van der Waals surface area contributed by atoms with Crippen molar-refractivity contribution in [3.05, 3.63) is 36.2 Å². The molecule has 14 heteroatoms. The predicted octanol–water partition coefficient (Wildman–Crippen LogP) is 19.8. The van der Waals surface area contributed by atoms with Gasteiger partial charge in [-0.3, -0.25) is 4.79 Å². The van der Waals surface area contributed by atoms with Crippen molar-refractivity contribution in [2.45, 2.75) is 335 Å². The summed E-state index contributed by atoms with van der Waals surface area (Å²) in [4.78, 5) is 22.9. The van der Waals surface area contributed by atoms with Gasteiger partial charge in [0.1, 0.15) is 12.0 Å². The molecule has 0 radical (unpaired) electrons. The van der Waals surface area contributed by atoms with Crippen molar-refractivity contribution in [3.8, 4) is 0 Å². The Balaban J connectivity index is 2.32. The topological polar surface area (TPSA) is 115 Å². The molecule has 0 saturated heterocycles. The Hall–Kier alpha value is -1.40. The maximum atomic E-state index is 13.6. The molecule has 0 spiro atoms. The van der Waals surface area contributed by atoms with Gasteiger partial charge in [-0.05, 0) is 85.9 Å². The van der Waals surface area contributed by atoms with Crippen LogP contribution in [0.15, 0.2) is 27.7 Å². The summed E-state index contributed by atoms with van der Waals surface area (Å²) in [7, 11) is -9.54. The van der Waals surface area contributed by atoms with E-state index in [0.717, 1.165) is 19.3 Å². The predicted molar refractivity (Wildman–Crippen MR) is 316 cm³/mol. The van der Waals surface area contributed by atoms with E-state index in [2.05, 4.69) is 154 Å². The number of ether oxygens (including phenoxy) is 1. The van der Waals surface area contributed by atoms with Gasteiger partial charge in [0.15, 0.2) is 45.4 Å². The van der Waals surface area contributed by atoms with Gasteiger partial charge in [-0.1, -0.05) is 206 Å². The molecule has 2 rings (SSSR count). The third-order valence-electron chi connectivity index (χ3n) is 17.3. The Morgan fingerprint density at radius 2 is 0.945 bits per heavy atom. The summed E-state index contributed by atoms with van der Waals surface area (Å²) in [6.07, 6.45) is 27.5. The van der Waals surface area contributed by atoms with E-state index in [1.165, 1.54) is 109 Å². The van der Waals surface area contributed by atoms with Crippen molar-refractivity contribution in [2.75, 3.05) is 0 Å². The monoisotopic (exact) mass is 1090 g/mol. The fourth-order valence-electron chi connectivity index (χ4n) is 8.17. The first kappa shape index (κ1) is 67.7. The highest BCUT2D eigenvalue weighted by Gasteiger charge is 2.50. The Bertz CT molecular complexity index is 1800. The number of oxazole rings is 2. The molecule has 2 heterocycles. The van der Waals surface area contributed by atoms with Crippen LogP contribution >= 0.6 is 0 Å². The number of nitrogens with zero attached hydrogens (tertiary/aromatic N) is 2. The molecule has 5 atom stereocenters. The van der Waals surface area contributed by atoms with Crippen LogP contribution in [0.25, 0.3) is 0 Å². The van der Waals surface area contributed by atoms with Gasteiger partial charge in [-0.15, -0.1) is 0 Å². The van der Waals surface area contributed by atoms with Crippen LogP contribution in [-0.4, -0.2) is 67.5 Å². The van der Waals surface area contributed by atoms with Gasteiger partial charge in [0.25, 0.3) is 0 Å². The number of hydrogen-bond acceptors (Lipinski definition) is 10. The molecule has 0 aliphatic heterocycles. The maximum absolute atomic E-state index is 13.6. The molecular weight excluding hydrogens is 977 g/mol. The zero-order chi connectivity index (χ0) is 55.5. The van der Waals surface area contributed by atoms with Gasteiger partial charge >= 0.3 is 5.97 Å². The first-order valence-electron chi connectivity index (χ1n) is 29.3. The largest absolute Gasteiger partial charge is 0.445 e. The molecule has 426 valence electrons. The summed E-state index contributed by atoms with van der Waals surface area (Å²) in [5, 5.41) is -0.238. The van der Waals surface area contributed by atoms with E-state index in [0.29, 0.717) is 24.3 Å². The summed E-state index contributed by atoms with van der Waals surface area (Å²) in [6, 6.07) is 0. The van der Waals surface area contributed by atoms with E-state index >= 15 is 0 Å². The van der Waals surface area contributed by atoms with Crippen LogP contribution in [0, 0.1) is 0 Å². The second-order valence-corrected chi connectivity index (χ2v) is 47.0. The Morgan fingerprint density at radius 3 is 1.36 bits per heavy atom. The van der Waals surface area contributed by atoms with Crippen LogP contribution in [0.5, 0.6) is 0 Å². The maximum Gasteiger partial charge on any atom is 0.307 e. The van der Waals surface area contributed by atoms with E-state index in [1.807, 2.05) is 0 Å². The fourth-order valence-corrected chi connectivity index (χ4v) is 13.6. The molecule has 0 N–H and O–H groups in total. The zero-order valence-corrected chi connectivity index (χ0v) is 55.6.